The van der Waals surface area contributed by atoms with E-state index < -0.39 is 0 Å². The van der Waals surface area contributed by atoms with Crippen molar-refractivity contribution in [3.8, 4) is 0 Å². The van der Waals surface area contributed by atoms with Crippen LogP contribution in [-0.4, -0.2) is 12.4 Å². The zero-order chi connectivity index (χ0) is 9.10. The van der Waals surface area contributed by atoms with Gasteiger partial charge in [-0.05, 0) is 25.0 Å². The van der Waals surface area contributed by atoms with E-state index in [0.717, 1.165) is 24.5 Å². The summed E-state index contributed by atoms with van der Waals surface area (Å²) in [6.45, 7) is 1.00. The average molecular weight is 174 g/mol. The maximum Gasteiger partial charge on any atom is 0.100 e. The molecular weight excluding hydrogens is 160 g/mol. The fraction of sp³-hybridized carbons (Fsp3) is 0.364. The molecule has 13 heavy (non-hydrogen) atoms. The number of nitrogens with one attached hydrogen (secondary N) is 1. The molecule has 2 heteroatoms. The molecule has 2 nitrogen and oxygen atoms in total. The second-order valence-corrected chi connectivity index (χ2v) is 3.39. The zero-order valence-corrected chi connectivity index (χ0v) is 7.66. The first-order chi connectivity index (χ1) is 6.38. The summed E-state index contributed by atoms with van der Waals surface area (Å²) in [4.78, 5) is 2.10. The Bertz CT molecular complexity index is 292. The normalized spacial score (nSPS) is 17.5. The Kier molecular flexibility index (Phi) is 2.30. The molecule has 0 spiro atoms. The van der Waals surface area contributed by atoms with Gasteiger partial charge in [0, 0.05) is 18.7 Å². The minimum Gasteiger partial charge on any atom is -0.330 e. The van der Waals surface area contributed by atoms with Crippen molar-refractivity contribution in [3.63, 3.8) is 0 Å². The summed E-state index contributed by atoms with van der Waals surface area (Å²) in [5.41, 5.74) is 1.16. The molecule has 0 atom stereocenters. The molecule has 0 bridgehead atoms. The summed E-state index contributed by atoms with van der Waals surface area (Å²) in [6, 6.07) is 10.2. The molecule has 0 unspecified atom stereocenters. The molecule has 0 radical (unpaired) electrons. The van der Waals surface area contributed by atoms with Gasteiger partial charge in [0.2, 0.25) is 0 Å². The van der Waals surface area contributed by atoms with E-state index in [0.29, 0.717) is 0 Å². The van der Waals surface area contributed by atoms with Crippen LogP contribution in [0.1, 0.15) is 19.3 Å². The molecule has 0 aliphatic carbocycles. The molecular formula is C11H14N2. The van der Waals surface area contributed by atoms with Crippen molar-refractivity contribution in [2.45, 2.75) is 19.3 Å². The molecule has 2 rings (SSSR count). The lowest BCUT2D eigenvalue weighted by Gasteiger charge is -2.29. The van der Waals surface area contributed by atoms with Gasteiger partial charge in [-0.2, -0.15) is 0 Å². The van der Waals surface area contributed by atoms with Gasteiger partial charge in [0.05, 0.1) is 0 Å². The van der Waals surface area contributed by atoms with Gasteiger partial charge >= 0.3 is 0 Å². The molecule has 1 heterocycles. The van der Waals surface area contributed by atoms with Crippen molar-refractivity contribution in [2.75, 3.05) is 11.4 Å². The largest absolute Gasteiger partial charge is 0.330 e. The summed E-state index contributed by atoms with van der Waals surface area (Å²) in [5.74, 6) is 0.762. The van der Waals surface area contributed by atoms with Crippen LogP contribution >= 0.6 is 0 Å². The third-order valence-corrected chi connectivity index (χ3v) is 2.44. The lowest BCUT2D eigenvalue weighted by Crippen LogP contribution is -2.34. The summed E-state index contributed by atoms with van der Waals surface area (Å²) in [5, 5.41) is 7.81. The van der Waals surface area contributed by atoms with Gasteiger partial charge in [0.1, 0.15) is 5.84 Å². The third-order valence-electron chi connectivity index (χ3n) is 2.44. The fourth-order valence-corrected chi connectivity index (χ4v) is 1.73. The van der Waals surface area contributed by atoms with E-state index in [1.54, 1.807) is 0 Å². The van der Waals surface area contributed by atoms with Gasteiger partial charge in [0.25, 0.3) is 0 Å². The number of hydrogen-bond donors (Lipinski definition) is 1. The van der Waals surface area contributed by atoms with Crippen LogP contribution in [0, 0.1) is 5.41 Å². The van der Waals surface area contributed by atoms with E-state index in [4.69, 9.17) is 5.41 Å². The molecule has 68 valence electrons. The molecule has 1 N–H and O–H groups in total. The predicted octanol–water partition coefficient (Wildman–Crippen LogP) is 2.65. The molecule has 1 aliphatic rings. The standard InChI is InChI=1S/C11H14N2/c12-11-8-4-5-9-13(11)10-6-2-1-3-7-10/h1-3,6-7,12H,4-5,8-9H2. The van der Waals surface area contributed by atoms with E-state index in [-0.39, 0.29) is 0 Å². The van der Waals surface area contributed by atoms with Crippen molar-refractivity contribution in [2.24, 2.45) is 0 Å². The van der Waals surface area contributed by atoms with E-state index in [1.807, 2.05) is 18.2 Å². The highest BCUT2D eigenvalue weighted by molar-refractivity contribution is 5.96. The fourth-order valence-electron chi connectivity index (χ4n) is 1.73. The van der Waals surface area contributed by atoms with Gasteiger partial charge < -0.3 is 4.90 Å². The van der Waals surface area contributed by atoms with Crippen LogP contribution in [0.3, 0.4) is 0 Å². The number of rotatable bonds is 1. The first-order valence-electron chi connectivity index (χ1n) is 4.78. The second kappa shape index (κ2) is 3.60. The Morgan fingerprint density at radius 1 is 1.08 bits per heavy atom. The van der Waals surface area contributed by atoms with Gasteiger partial charge in [-0.1, -0.05) is 18.2 Å². The first kappa shape index (κ1) is 8.30. The Labute approximate surface area is 78.7 Å². The van der Waals surface area contributed by atoms with Crippen LogP contribution in [-0.2, 0) is 0 Å². The van der Waals surface area contributed by atoms with Crippen LogP contribution in [0.5, 0.6) is 0 Å². The Morgan fingerprint density at radius 3 is 2.54 bits per heavy atom. The summed E-state index contributed by atoms with van der Waals surface area (Å²) in [7, 11) is 0. The predicted molar refractivity (Wildman–Crippen MR) is 55.4 cm³/mol. The van der Waals surface area contributed by atoms with Crippen molar-refractivity contribution < 1.29 is 0 Å². The number of para-hydroxylation sites is 1. The molecule has 1 fully saturated rings. The topological polar surface area (TPSA) is 27.1 Å². The molecule has 1 saturated heterocycles. The van der Waals surface area contributed by atoms with E-state index in [9.17, 15) is 0 Å². The highest BCUT2D eigenvalue weighted by Gasteiger charge is 2.15. The van der Waals surface area contributed by atoms with Crippen molar-refractivity contribution in [1.29, 1.82) is 5.41 Å². The SMILES string of the molecule is N=C1CCCCN1c1ccccc1. The summed E-state index contributed by atoms with van der Waals surface area (Å²) in [6.07, 6.45) is 3.30. The number of anilines is 1. The van der Waals surface area contributed by atoms with Crippen LogP contribution < -0.4 is 4.90 Å². The smallest absolute Gasteiger partial charge is 0.100 e. The highest BCUT2D eigenvalue weighted by Crippen LogP contribution is 2.19. The number of piperidine rings is 1. The summed E-state index contributed by atoms with van der Waals surface area (Å²) < 4.78 is 0. The lowest BCUT2D eigenvalue weighted by atomic mass is 10.1. The van der Waals surface area contributed by atoms with Crippen molar-refractivity contribution in [1.82, 2.24) is 0 Å². The Hall–Kier alpha value is -1.31. The number of hydrogen-bond acceptors (Lipinski definition) is 1. The van der Waals surface area contributed by atoms with E-state index in [2.05, 4.69) is 17.0 Å². The van der Waals surface area contributed by atoms with Gasteiger partial charge in [-0.15, -0.1) is 0 Å². The number of amidine groups is 1. The van der Waals surface area contributed by atoms with E-state index in [1.165, 1.54) is 12.8 Å². The second-order valence-electron chi connectivity index (χ2n) is 3.39. The Morgan fingerprint density at radius 2 is 1.85 bits per heavy atom. The molecule has 1 aromatic rings. The van der Waals surface area contributed by atoms with Gasteiger partial charge in [0.15, 0.2) is 0 Å². The minimum atomic E-state index is 0.762. The van der Waals surface area contributed by atoms with Crippen LogP contribution in [0.25, 0.3) is 0 Å². The average Bonchev–Trinajstić information content (AvgIpc) is 2.20. The van der Waals surface area contributed by atoms with Crippen molar-refractivity contribution in [3.05, 3.63) is 30.3 Å². The molecule has 0 amide bonds. The van der Waals surface area contributed by atoms with Gasteiger partial charge in [-0.3, -0.25) is 5.41 Å². The molecule has 1 aromatic carbocycles. The van der Waals surface area contributed by atoms with Crippen LogP contribution in [0.2, 0.25) is 0 Å². The maximum absolute atomic E-state index is 7.81. The minimum absolute atomic E-state index is 0.762. The molecule has 0 aromatic heterocycles. The Balaban J connectivity index is 2.20. The number of nitrogens with zero attached hydrogens (tertiary/aromatic N) is 1. The highest BCUT2D eigenvalue weighted by atomic mass is 15.2. The van der Waals surface area contributed by atoms with E-state index >= 15 is 0 Å². The molecule has 1 aliphatic heterocycles. The quantitative estimate of drug-likeness (QED) is 0.696. The van der Waals surface area contributed by atoms with Crippen LogP contribution in [0.4, 0.5) is 5.69 Å². The maximum atomic E-state index is 7.81. The summed E-state index contributed by atoms with van der Waals surface area (Å²) >= 11 is 0. The first-order valence-corrected chi connectivity index (χ1v) is 4.78. The zero-order valence-electron chi connectivity index (χ0n) is 7.66. The lowest BCUT2D eigenvalue weighted by molar-refractivity contribution is 0.707. The molecule has 0 saturated carbocycles. The monoisotopic (exact) mass is 174 g/mol. The third kappa shape index (κ3) is 1.72. The van der Waals surface area contributed by atoms with Crippen LogP contribution in [0.15, 0.2) is 30.3 Å². The van der Waals surface area contributed by atoms with Gasteiger partial charge in [-0.25, -0.2) is 0 Å². The van der Waals surface area contributed by atoms with Crippen molar-refractivity contribution >= 4 is 11.5 Å². The number of benzene rings is 1.